The zero-order valence-electron chi connectivity index (χ0n) is 13.2. The number of nitrogens with zero attached hydrogens (tertiary/aromatic N) is 2. The highest BCUT2D eigenvalue weighted by Crippen LogP contribution is 2.28. The second kappa shape index (κ2) is 6.59. The summed E-state index contributed by atoms with van der Waals surface area (Å²) in [5.41, 5.74) is 4.52. The standard InChI is InChI=1S/C18H18N4OS/c23-17(8-14-6-7-24-12-14)19-18-15-10-22(11-16(15)20-21-18)9-13-4-2-1-3-5-13/h1-7,12H,8-11H2,(H2,19,20,21,23). The van der Waals surface area contributed by atoms with Crippen molar-refractivity contribution in [2.24, 2.45) is 0 Å². The number of hydrogen-bond acceptors (Lipinski definition) is 4. The summed E-state index contributed by atoms with van der Waals surface area (Å²) in [5, 5.41) is 14.2. The number of aromatic nitrogens is 2. The molecule has 2 N–H and O–H groups in total. The number of benzene rings is 1. The maximum Gasteiger partial charge on any atom is 0.230 e. The highest BCUT2D eigenvalue weighted by Gasteiger charge is 2.25. The highest BCUT2D eigenvalue weighted by atomic mass is 32.1. The van der Waals surface area contributed by atoms with Crippen molar-refractivity contribution in [3.63, 3.8) is 0 Å². The molecule has 4 rings (SSSR count). The van der Waals surface area contributed by atoms with E-state index in [1.165, 1.54) is 5.56 Å². The summed E-state index contributed by atoms with van der Waals surface area (Å²) < 4.78 is 0. The van der Waals surface area contributed by atoms with Gasteiger partial charge in [-0.3, -0.25) is 14.8 Å². The average molecular weight is 338 g/mol. The zero-order valence-corrected chi connectivity index (χ0v) is 14.0. The van der Waals surface area contributed by atoms with Crippen molar-refractivity contribution in [2.75, 3.05) is 5.32 Å². The minimum Gasteiger partial charge on any atom is -0.309 e. The quantitative estimate of drug-likeness (QED) is 0.751. The maximum absolute atomic E-state index is 12.2. The largest absolute Gasteiger partial charge is 0.309 e. The zero-order chi connectivity index (χ0) is 16.4. The molecule has 6 heteroatoms. The minimum atomic E-state index is -0.0239. The van der Waals surface area contributed by atoms with Gasteiger partial charge in [-0.25, -0.2) is 0 Å². The van der Waals surface area contributed by atoms with E-state index in [1.54, 1.807) is 11.3 Å². The lowest BCUT2D eigenvalue weighted by Crippen LogP contribution is -2.18. The lowest BCUT2D eigenvalue weighted by atomic mass is 10.2. The number of amides is 1. The van der Waals surface area contributed by atoms with E-state index in [4.69, 9.17) is 0 Å². The monoisotopic (exact) mass is 338 g/mol. The Morgan fingerprint density at radius 1 is 1.21 bits per heavy atom. The van der Waals surface area contributed by atoms with Gasteiger partial charge in [-0.15, -0.1) is 0 Å². The van der Waals surface area contributed by atoms with E-state index in [2.05, 4.69) is 44.7 Å². The maximum atomic E-state index is 12.2. The van der Waals surface area contributed by atoms with Crippen LogP contribution in [0.2, 0.25) is 0 Å². The van der Waals surface area contributed by atoms with E-state index in [-0.39, 0.29) is 5.91 Å². The second-order valence-corrected chi connectivity index (χ2v) is 6.80. The molecule has 1 aliphatic rings. The van der Waals surface area contributed by atoms with Gasteiger partial charge in [0.2, 0.25) is 5.91 Å². The van der Waals surface area contributed by atoms with Gasteiger partial charge in [-0.1, -0.05) is 30.3 Å². The number of fused-ring (bicyclic) bond motifs is 1. The SMILES string of the molecule is O=C(Cc1ccsc1)Nc1n[nH]c2c1CN(Cc1ccccc1)C2. The molecule has 1 amide bonds. The molecular weight excluding hydrogens is 320 g/mol. The van der Waals surface area contributed by atoms with Crippen LogP contribution in [0.1, 0.15) is 22.4 Å². The Morgan fingerprint density at radius 3 is 2.88 bits per heavy atom. The third kappa shape index (κ3) is 3.25. The van der Waals surface area contributed by atoms with Crippen LogP contribution >= 0.6 is 11.3 Å². The van der Waals surface area contributed by atoms with Gasteiger partial charge in [0, 0.05) is 25.2 Å². The van der Waals surface area contributed by atoms with Gasteiger partial charge >= 0.3 is 0 Å². The van der Waals surface area contributed by atoms with Crippen molar-refractivity contribution in [3.8, 4) is 0 Å². The molecule has 1 aromatic carbocycles. The number of carbonyl (C=O) groups excluding carboxylic acids is 1. The third-order valence-corrected chi connectivity index (χ3v) is 4.90. The number of hydrogen-bond donors (Lipinski definition) is 2. The molecule has 0 atom stereocenters. The molecule has 122 valence electrons. The minimum absolute atomic E-state index is 0.0239. The Balaban J connectivity index is 1.40. The number of aromatic amines is 1. The van der Waals surface area contributed by atoms with Crippen molar-refractivity contribution >= 4 is 23.1 Å². The van der Waals surface area contributed by atoms with Crippen molar-refractivity contribution in [1.82, 2.24) is 15.1 Å². The van der Waals surface area contributed by atoms with Gasteiger partial charge < -0.3 is 5.32 Å². The van der Waals surface area contributed by atoms with E-state index in [9.17, 15) is 4.79 Å². The van der Waals surface area contributed by atoms with Gasteiger partial charge in [-0.2, -0.15) is 16.4 Å². The first kappa shape index (κ1) is 15.1. The molecule has 3 aromatic rings. The van der Waals surface area contributed by atoms with Gasteiger partial charge in [-0.05, 0) is 28.0 Å². The Morgan fingerprint density at radius 2 is 2.08 bits per heavy atom. The first-order valence-electron chi connectivity index (χ1n) is 7.91. The van der Waals surface area contributed by atoms with Crippen molar-refractivity contribution in [2.45, 2.75) is 26.1 Å². The smallest absolute Gasteiger partial charge is 0.230 e. The fourth-order valence-electron chi connectivity index (χ4n) is 3.02. The molecule has 2 aromatic heterocycles. The molecule has 0 unspecified atom stereocenters. The number of carbonyl (C=O) groups is 1. The molecule has 0 fully saturated rings. The normalized spacial score (nSPS) is 13.8. The van der Waals surface area contributed by atoms with Crippen molar-refractivity contribution in [3.05, 3.63) is 69.5 Å². The van der Waals surface area contributed by atoms with Crippen LogP contribution in [-0.2, 0) is 30.8 Å². The summed E-state index contributed by atoms with van der Waals surface area (Å²) in [6.07, 6.45) is 0.388. The summed E-state index contributed by atoms with van der Waals surface area (Å²) in [7, 11) is 0. The van der Waals surface area contributed by atoms with E-state index in [0.29, 0.717) is 12.2 Å². The molecular formula is C18H18N4OS. The van der Waals surface area contributed by atoms with Gasteiger partial charge in [0.25, 0.3) is 0 Å². The van der Waals surface area contributed by atoms with Crippen molar-refractivity contribution in [1.29, 1.82) is 0 Å². The van der Waals surface area contributed by atoms with E-state index in [1.807, 2.05) is 22.9 Å². The third-order valence-electron chi connectivity index (χ3n) is 4.17. The molecule has 5 nitrogen and oxygen atoms in total. The van der Waals surface area contributed by atoms with Gasteiger partial charge in [0.1, 0.15) is 0 Å². The van der Waals surface area contributed by atoms with Crippen LogP contribution in [0.3, 0.4) is 0 Å². The van der Waals surface area contributed by atoms with Gasteiger partial charge in [0.05, 0.1) is 12.1 Å². The van der Waals surface area contributed by atoms with Crippen LogP contribution in [-0.4, -0.2) is 21.0 Å². The summed E-state index contributed by atoms with van der Waals surface area (Å²) >= 11 is 1.60. The molecule has 0 saturated heterocycles. The number of nitrogens with one attached hydrogen (secondary N) is 2. The highest BCUT2D eigenvalue weighted by molar-refractivity contribution is 7.08. The van der Waals surface area contributed by atoms with E-state index >= 15 is 0 Å². The summed E-state index contributed by atoms with van der Waals surface area (Å²) in [5.74, 6) is 0.644. The molecule has 0 radical (unpaired) electrons. The lowest BCUT2D eigenvalue weighted by Gasteiger charge is -2.15. The topological polar surface area (TPSA) is 61.0 Å². The number of rotatable bonds is 5. The molecule has 0 bridgehead atoms. The van der Waals surface area contributed by atoms with Crippen LogP contribution in [0, 0.1) is 0 Å². The van der Waals surface area contributed by atoms with Crippen LogP contribution in [0.5, 0.6) is 0 Å². The summed E-state index contributed by atoms with van der Waals surface area (Å²) in [4.78, 5) is 14.5. The lowest BCUT2D eigenvalue weighted by molar-refractivity contribution is -0.115. The van der Waals surface area contributed by atoms with Crippen LogP contribution in [0.25, 0.3) is 0 Å². The summed E-state index contributed by atoms with van der Waals surface area (Å²) in [6, 6.07) is 12.4. The molecule has 24 heavy (non-hydrogen) atoms. The molecule has 0 saturated carbocycles. The van der Waals surface area contributed by atoms with Crippen molar-refractivity contribution < 1.29 is 4.79 Å². The number of H-pyrrole nitrogens is 1. The Hall–Kier alpha value is -2.44. The van der Waals surface area contributed by atoms with E-state index in [0.717, 1.165) is 36.5 Å². The first-order chi connectivity index (χ1) is 11.8. The van der Waals surface area contributed by atoms with E-state index < -0.39 is 0 Å². The predicted octanol–water partition coefficient (Wildman–Crippen LogP) is 3.17. The number of anilines is 1. The second-order valence-electron chi connectivity index (χ2n) is 6.02. The Bertz CT molecular complexity index is 826. The fourth-order valence-corrected chi connectivity index (χ4v) is 3.69. The molecule has 0 aliphatic carbocycles. The Labute approximate surface area is 144 Å². The fraction of sp³-hybridized carbons (Fsp3) is 0.222. The number of thiophene rings is 1. The average Bonchev–Trinajstić information content (AvgIpc) is 3.28. The van der Waals surface area contributed by atoms with Crippen LogP contribution in [0.4, 0.5) is 5.82 Å². The Kier molecular flexibility index (Phi) is 4.15. The van der Waals surface area contributed by atoms with Gasteiger partial charge in [0.15, 0.2) is 5.82 Å². The van der Waals surface area contributed by atoms with Crippen LogP contribution < -0.4 is 5.32 Å². The predicted molar refractivity (Wildman–Crippen MR) is 94.6 cm³/mol. The van der Waals surface area contributed by atoms with Crippen LogP contribution in [0.15, 0.2) is 47.2 Å². The molecule has 1 aliphatic heterocycles. The summed E-state index contributed by atoms with van der Waals surface area (Å²) in [6.45, 7) is 2.53. The molecule has 0 spiro atoms. The molecule has 3 heterocycles. The first-order valence-corrected chi connectivity index (χ1v) is 8.85.